The molecule has 2 amide bonds. The molecule has 1 saturated heterocycles. The number of piperidine rings is 1. The Labute approximate surface area is 123 Å². The van der Waals surface area contributed by atoms with E-state index in [9.17, 15) is 9.59 Å². The van der Waals surface area contributed by atoms with Gasteiger partial charge in [0, 0.05) is 24.8 Å². The number of amides is 2. The number of urea groups is 1. The van der Waals surface area contributed by atoms with Crippen molar-refractivity contribution in [2.24, 2.45) is 5.92 Å². The Bertz CT molecular complexity index is 526. The molecule has 2 unspecified atom stereocenters. The summed E-state index contributed by atoms with van der Waals surface area (Å²) in [6.45, 7) is 6.36. The summed E-state index contributed by atoms with van der Waals surface area (Å²) in [7, 11) is 0. The number of carboxylic acids is 1. The van der Waals surface area contributed by atoms with Gasteiger partial charge in [-0.25, -0.2) is 4.79 Å². The molecule has 2 heterocycles. The normalized spacial score (nSPS) is 22.4. The van der Waals surface area contributed by atoms with Crippen LogP contribution in [-0.2, 0) is 4.79 Å². The molecular formula is C14H22N4O3. The first-order valence-electron chi connectivity index (χ1n) is 7.23. The lowest BCUT2D eigenvalue weighted by Crippen LogP contribution is -2.47. The minimum absolute atomic E-state index is 0.0833. The van der Waals surface area contributed by atoms with Gasteiger partial charge in [0.25, 0.3) is 0 Å². The van der Waals surface area contributed by atoms with Crippen LogP contribution in [0, 0.1) is 5.92 Å². The van der Waals surface area contributed by atoms with Crippen LogP contribution in [0.25, 0.3) is 0 Å². The molecule has 116 valence electrons. The highest BCUT2D eigenvalue weighted by atomic mass is 16.4. The van der Waals surface area contributed by atoms with Gasteiger partial charge in [0.15, 0.2) is 0 Å². The van der Waals surface area contributed by atoms with E-state index in [0.717, 1.165) is 0 Å². The summed E-state index contributed by atoms with van der Waals surface area (Å²) >= 11 is 0. The van der Waals surface area contributed by atoms with Gasteiger partial charge in [-0.1, -0.05) is 0 Å². The highest BCUT2D eigenvalue weighted by Gasteiger charge is 2.32. The number of likely N-dealkylation sites (tertiary alicyclic amines) is 1. The van der Waals surface area contributed by atoms with Crippen molar-refractivity contribution < 1.29 is 14.7 Å². The van der Waals surface area contributed by atoms with Crippen molar-refractivity contribution in [2.45, 2.75) is 45.7 Å². The molecule has 1 aromatic heterocycles. The van der Waals surface area contributed by atoms with Gasteiger partial charge in [0.2, 0.25) is 0 Å². The van der Waals surface area contributed by atoms with E-state index in [0.29, 0.717) is 25.1 Å². The Morgan fingerprint density at radius 2 is 2.19 bits per heavy atom. The van der Waals surface area contributed by atoms with Crippen molar-refractivity contribution >= 4 is 17.7 Å². The number of nitrogens with zero attached hydrogens (tertiary/aromatic N) is 3. The molecule has 1 aromatic rings. The molecule has 0 bridgehead atoms. The van der Waals surface area contributed by atoms with Crippen LogP contribution >= 0.6 is 0 Å². The fraction of sp³-hybridized carbons (Fsp3) is 0.643. The molecule has 7 heteroatoms. The molecule has 0 radical (unpaired) electrons. The van der Waals surface area contributed by atoms with E-state index < -0.39 is 5.97 Å². The first-order valence-corrected chi connectivity index (χ1v) is 7.23. The van der Waals surface area contributed by atoms with Crippen LogP contribution in [0.1, 0.15) is 39.7 Å². The first-order chi connectivity index (χ1) is 9.88. The summed E-state index contributed by atoms with van der Waals surface area (Å²) in [5, 5.41) is 16.0. The Balaban J connectivity index is 1.95. The van der Waals surface area contributed by atoms with Crippen molar-refractivity contribution in [2.75, 3.05) is 11.9 Å². The van der Waals surface area contributed by atoms with Gasteiger partial charge in [0.05, 0.1) is 17.8 Å². The van der Waals surface area contributed by atoms with Crippen molar-refractivity contribution in [1.29, 1.82) is 0 Å². The van der Waals surface area contributed by atoms with Crippen molar-refractivity contribution in [3.8, 4) is 0 Å². The highest BCUT2D eigenvalue weighted by molar-refractivity contribution is 5.89. The zero-order chi connectivity index (χ0) is 15.6. The summed E-state index contributed by atoms with van der Waals surface area (Å²) in [5.41, 5.74) is 0.654. The van der Waals surface area contributed by atoms with Crippen LogP contribution in [0.15, 0.2) is 12.4 Å². The average molecular weight is 294 g/mol. The summed E-state index contributed by atoms with van der Waals surface area (Å²) < 4.78 is 1.77. The molecule has 7 nitrogen and oxygen atoms in total. The van der Waals surface area contributed by atoms with E-state index in [1.807, 2.05) is 20.8 Å². The predicted molar refractivity (Wildman–Crippen MR) is 78.2 cm³/mol. The molecule has 1 aliphatic rings. The molecule has 21 heavy (non-hydrogen) atoms. The number of anilines is 1. The second-order valence-corrected chi connectivity index (χ2v) is 5.83. The standard InChI is InChI=1S/C14H22N4O3/c1-9(2)18-8-12(7-15-18)16-14(21)17-5-4-11(13(19)20)6-10(17)3/h7-11H,4-6H2,1-3H3,(H,16,21)(H,19,20). The molecule has 1 fully saturated rings. The Morgan fingerprint density at radius 3 is 2.71 bits per heavy atom. The smallest absolute Gasteiger partial charge is 0.322 e. The van der Waals surface area contributed by atoms with E-state index >= 15 is 0 Å². The lowest BCUT2D eigenvalue weighted by Gasteiger charge is -2.36. The monoisotopic (exact) mass is 294 g/mol. The number of hydrogen-bond donors (Lipinski definition) is 2. The zero-order valence-electron chi connectivity index (χ0n) is 12.6. The molecule has 2 N–H and O–H groups in total. The molecule has 0 aliphatic carbocycles. The van der Waals surface area contributed by atoms with Crippen LogP contribution in [0.2, 0.25) is 0 Å². The van der Waals surface area contributed by atoms with E-state index in [1.54, 1.807) is 22.0 Å². The Hall–Kier alpha value is -2.05. The molecule has 0 spiro atoms. The summed E-state index contributed by atoms with van der Waals surface area (Å²) in [6.07, 6.45) is 4.40. The quantitative estimate of drug-likeness (QED) is 0.894. The van der Waals surface area contributed by atoms with Gasteiger partial charge < -0.3 is 15.3 Å². The van der Waals surface area contributed by atoms with Crippen LogP contribution in [0.3, 0.4) is 0 Å². The topological polar surface area (TPSA) is 87.5 Å². The van der Waals surface area contributed by atoms with Gasteiger partial charge in [0.1, 0.15) is 0 Å². The molecule has 2 atom stereocenters. The summed E-state index contributed by atoms with van der Waals surface area (Å²) in [6, 6.07) is -0.0458. The van der Waals surface area contributed by atoms with E-state index in [2.05, 4.69) is 10.4 Å². The summed E-state index contributed by atoms with van der Waals surface area (Å²) in [5.74, 6) is -1.13. The van der Waals surface area contributed by atoms with Gasteiger partial charge in [-0.2, -0.15) is 5.10 Å². The number of carbonyl (C=O) groups excluding carboxylic acids is 1. The van der Waals surface area contributed by atoms with Crippen molar-refractivity contribution in [3.05, 3.63) is 12.4 Å². The zero-order valence-corrected chi connectivity index (χ0v) is 12.6. The largest absolute Gasteiger partial charge is 0.481 e. The number of carboxylic acid groups (broad SMARTS) is 1. The average Bonchev–Trinajstić information content (AvgIpc) is 2.87. The van der Waals surface area contributed by atoms with Crippen LogP contribution in [-0.4, -0.2) is 44.4 Å². The number of aliphatic carboxylic acids is 1. The van der Waals surface area contributed by atoms with Crippen LogP contribution in [0.4, 0.5) is 10.5 Å². The minimum atomic E-state index is -0.778. The highest BCUT2D eigenvalue weighted by Crippen LogP contribution is 2.23. The molecule has 2 rings (SSSR count). The maximum absolute atomic E-state index is 12.3. The van der Waals surface area contributed by atoms with Gasteiger partial charge in [-0.15, -0.1) is 0 Å². The molecule has 1 aliphatic heterocycles. The van der Waals surface area contributed by atoms with Crippen molar-refractivity contribution in [1.82, 2.24) is 14.7 Å². The molecule has 0 saturated carbocycles. The summed E-state index contributed by atoms with van der Waals surface area (Å²) in [4.78, 5) is 25.0. The number of aromatic nitrogens is 2. The second kappa shape index (κ2) is 6.15. The third-order valence-corrected chi connectivity index (χ3v) is 3.87. The third-order valence-electron chi connectivity index (χ3n) is 3.87. The minimum Gasteiger partial charge on any atom is -0.481 e. The maximum Gasteiger partial charge on any atom is 0.322 e. The Morgan fingerprint density at radius 1 is 1.48 bits per heavy atom. The fourth-order valence-corrected chi connectivity index (χ4v) is 2.58. The van der Waals surface area contributed by atoms with Crippen LogP contribution in [0.5, 0.6) is 0 Å². The van der Waals surface area contributed by atoms with Gasteiger partial charge >= 0.3 is 12.0 Å². The van der Waals surface area contributed by atoms with E-state index in [1.165, 1.54) is 0 Å². The first kappa shape index (κ1) is 15.3. The fourth-order valence-electron chi connectivity index (χ4n) is 2.58. The van der Waals surface area contributed by atoms with Crippen molar-refractivity contribution in [3.63, 3.8) is 0 Å². The number of hydrogen-bond acceptors (Lipinski definition) is 3. The van der Waals surface area contributed by atoms with E-state index in [-0.39, 0.29) is 24.0 Å². The Kier molecular flexibility index (Phi) is 4.50. The number of carbonyl (C=O) groups is 2. The number of rotatable bonds is 3. The third kappa shape index (κ3) is 3.53. The second-order valence-electron chi connectivity index (χ2n) is 5.83. The lowest BCUT2D eigenvalue weighted by molar-refractivity contribution is -0.143. The van der Waals surface area contributed by atoms with Gasteiger partial charge in [-0.05, 0) is 33.6 Å². The van der Waals surface area contributed by atoms with Crippen LogP contribution < -0.4 is 5.32 Å². The predicted octanol–water partition coefficient (Wildman–Crippen LogP) is 2.18. The van der Waals surface area contributed by atoms with E-state index in [4.69, 9.17) is 5.11 Å². The van der Waals surface area contributed by atoms with Gasteiger partial charge in [-0.3, -0.25) is 9.48 Å². The lowest BCUT2D eigenvalue weighted by atomic mass is 9.92. The molecular weight excluding hydrogens is 272 g/mol. The maximum atomic E-state index is 12.3. The SMILES string of the molecule is CC1CC(C(=O)O)CCN1C(=O)Nc1cnn(C(C)C)c1. The number of nitrogens with one attached hydrogen (secondary N) is 1. The molecule has 0 aromatic carbocycles.